The summed E-state index contributed by atoms with van der Waals surface area (Å²) in [5.41, 5.74) is 9.71. The molecule has 1 aliphatic rings. The zero-order valence-electron chi connectivity index (χ0n) is 22.7. The first-order valence-electron chi connectivity index (χ1n) is 13.7. The van der Waals surface area contributed by atoms with Crippen molar-refractivity contribution in [1.29, 1.82) is 0 Å². The topological polar surface area (TPSA) is 173 Å². The van der Waals surface area contributed by atoms with Crippen molar-refractivity contribution >= 4 is 45.5 Å². The Labute approximate surface area is 236 Å². The molecule has 1 aliphatic heterocycles. The lowest BCUT2D eigenvalue weighted by Crippen LogP contribution is -2.57. The van der Waals surface area contributed by atoms with Crippen LogP contribution in [-0.4, -0.2) is 74.4 Å². The minimum absolute atomic E-state index is 0.151. The zero-order chi connectivity index (χ0) is 29.1. The Kier molecular flexibility index (Phi) is 8.06. The molecular formula is C30H34N6O5. The van der Waals surface area contributed by atoms with Gasteiger partial charge >= 0.3 is 5.97 Å². The largest absolute Gasteiger partial charge is 0.480 e. The number of carbonyl (C=O) groups excluding carboxylic acids is 3. The number of aromatic amines is 2. The Morgan fingerprint density at radius 2 is 1.51 bits per heavy atom. The molecule has 3 heterocycles. The van der Waals surface area contributed by atoms with Crippen LogP contribution in [0.4, 0.5) is 0 Å². The number of hydrogen-bond acceptors (Lipinski definition) is 5. The molecule has 41 heavy (non-hydrogen) atoms. The van der Waals surface area contributed by atoms with E-state index in [0.717, 1.165) is 32.9 Å². The van der Waals surface area contributed by atoms with E-state index in [-0.39, 0.29) is 12.8 Å². The van der Waals surface area contributed by atoms with Gasteiger partial charge in [-0.1, -0.05) is 36.4 Å². The number of nitrogens with zero attached hydrogens (tertiary/aromatic N) is 1. The maximum absolute atomic E-state index is 13.6. The molecule has 5 rings (SSSR count). The van der Waals surface area contributed by atoms with Gasteiger partial charge in [-0.2, -0.15) is 0 Å². The highest BCUT2D eigenvalue weighted by molar-refractivity contribution is 5.95. The number of nitrogens with one attached hydrogen (secondary N) is 4. The fourth-order valence-electron chi connectivity index (χ4n) is 5.52. The highest BCUT2D eigenvalue weighted by atomic mass is 16.4. The number of likely N-dealkylation sites (tertiary alicyclic amines) is 1. The smallest absolute Gasteiger partial charge is 0.326 e. The van der Waals surface area contributed by atoms with Crippen LogP contribution in [0.2, 0.25) is 0 Å². The summed E-state index contributed by atoms with van der Waals surface area (Å²) in [6.07, 6.45) is 4.95. The number of carbonyl (C=O) groups is 4. The van der Waals surface area contributed by atoms with Gasteiger partial charge in [-0.05, 0) is 49.4 Å². The number of nitrogens with two attached hydrogens (primary N) is 1. The summed E-state index contributed by atoms with van der Waals surface area (Å²) < 4.78 is 0. The van der Waals surface area contributed by atoms with Gasteiger partial charge in [0.05, 0.1) is 6.04 Å². The molecule has 1 fully saturated rings. The summed E-state index contributed by atoms with van der Waals surface area (Å²) in [7, 11) is 0. The minimum Gasteiger partial charge on any atom is -0.480 e. The van der Waals surface area contributed by atoms with Gasteiger partial charge in [0, 0.05) is 47.2 Å². The number of aromatic nitrogens is 2. The van der Waals surface area contributed by atoms with Gasteiger partial charge < -0.3 is 36.3 Å². The third-order valence-corrected chi connectivity index (χ3v) is 7.74. The summed E-state index contributed by atoms with van der Waals surface area (Å²) in [4.78, 5) is 59.2. The van der Waals surface area contributed by atoms with Crippen LogP contribution in [0.5, 0.6) is 0 Å². The lowest BCUT2D eigenvalue weighted by Gasteiger charge is -2.28. The van der Waals surface area contributed by atoms with Gasteiger partial charge in [0.2, 0.25) is 17.7 Å². The molecule has 0 radical (unpaired) electrons. The van der Waals surface area contributed by atoms with Crippen molar-refractivity contribution in [2.75, 3.05) is 6.54 Å². The number of fused-ring (bicyclic) bond motifs is 2. The lowest BCUT2D eigenvalue weighted by atomic mass is 10.0. The number of H-pyrrole nitrogens is 2. The molecule has 4 unspecified atom stereocenters. The second-order valence-corrected chi connectivity index (χ2v) is 10.6. The Hall–Kier alpha value is -4.64. The summed E-state index contributed by atoms with van der Waals surface area (Å²) >= 11 is 0. The van der Waals surface area contributed by atoms with Gasteiger partial charge in [-0.15, -0.1) is 0 Å². The van der Waals surface area contributed by atoms with E-state index in [2.05, 4.69) is 20.6 Å². The summed E-state index contributed by atoms with van der Waals surface area (Å²) in [6, 6.07) is 11.5. The average Bonchev–Trinajstić information content (AvgIpc) is 3.71. The van der Waals surface area contributed by atoms with E-state index in [1.54, 1.807) is 6.20 Å². The molecule has 1 saturated heterocycles. The van der Waals surface area contributed by atoms with Crippen molar-refractivity contribution < 1.29 is 24.3 Å². The molecule has 7 N–H and O–H groups in total. The normalized spacial score (nSPS) is 17.3. The number of amides is 3. The van der Waals surface area contributed by atoms with Crippen molar-refractivity contribution in [2.45, 2.75) is 56.8 Å². The van der Waals surface area contributed by atoms with Gasteiger partial charge in [0.25, 0.3) is 0 Å². The van der Waals surface area contributed by atoms with E-state index in [9.17, 15) is 24.3 Å². The highest BCUT2D eigenvalue weighted by Gasteiger charge is 2.38. The number of benzene rings is 2. The first-order valence-corrected chi connectivity index (χ1v) is 13.7. The lowest BCUT2D eigenvalue weighted by molar-refractivity contribution is -0.149. The second-order valence-electron chi connectivity index (χ2n) is 10.6. The maximum Gasteiger partial charge on any atom is 0.326 e. The zero-order valence-corrected chi connectivity index (χ0v) is 22.7. The van der Waals surface area contributed by atoms with Crippen LogP contribution in [0.25, 0.3) is 21.8 Å². The van der Waals surface area contributed by atoms with Gasteiger partial charge in [0.1, 0.15) is 18.1 Å². The Morgan fingerprint density at radius 1 is 0.927 bits per heavy atom. The molecule has 11 nitrogen and oxygen atoms in total. The molecule has 4 aromatic rings. The molecule has 0 saturated carbocycles. The number of carboxylic acid groups (broad SMARTS) is 1. The predicted molar refractivity (Wildman–Crippen MR) is 154 cm³/mol. The van der Waals surface area contributed by atoms with E-state index in [4.69, 9.17) is 5.73 Å². The number of hydrogen-bond donors (Lipinski definition) is 6. The molecule has 0 spiro atoms. The van der Waals surface area contributed by atoms with Crippen LogP contribution in [0.3, 0.4) is 0 Å². The summed E-state index contributed by atoms with van der Waals surface area (Å²) in [5, 5.41) is 16.9. The first-order chi connectivity index (χ1) is 19.7. The molecule has 2 aromatic carbocycles. The second kappa shape index (κ2) is 11.8. The Balaban J connectivity index is 1.28. The van der Waals surface area contributed by atoms with Gasteiger partial charge in [-0.25, -0.2) is 4.79 Å². The number of rotatable bonds is 10. The van der Waals surface area contributed by atoms with Crippen LogP contribution in [0, 0.1) is 0 Å². The molecule has 2 aromatic heterocycles. The van der Waals surface area contributed by atoms with Crippen LogP contribution in [0.1, 0.15) is 30.9 Å². The average molecular weight is 559 g/mol. The van der Waals surface area contributed by atoms with Gasteiger partial charge in [0.15, 0.2) is 0 Å². The van der Waals surface area contributed by atoms with Crippen molar-refractivity contribution in [2.24, 2.45) is 5.73 Å². The van der Waals surface area contributed by atoms with Crippen LogP contribution in [0.15, 0.2) is 60.9 Å². The fourth-order valence-corrected chi connectivity index (χ4v) is 5.52. The third-order valence-electron chi connectivity index (χ3n) is 7.74. The number of para-hydroxylation sites is 2. The predicted octanol–water partition coefficient (Wildman–Crippen LogP) is 1.83. The minimum atomic E-state index is -1.07. The monoisotopic (exact) mass is 558 g/mol. The van der Waals surface area contributed by atoms with E-state index in [0.29, 0.717) is 19.4 Å². The van der Waals surface area contributed by atoms with Crippen molar-refractivity contribution in [3.63, 3.8) is 0 Å². The summed E-state index contributed by atoms with van der Waals surface area (Å²) in [5.74, 6) is -2.61. The van der Waals surface area contributed by atoms with Crippen molar-refractivity contribution in [1.82, 2.24) is 25.5 Å². The van der Waals surface area contributed by atoms with E-state index < -0.39 is 47.9 Å². The van der Waals surface area contributed by atoms with Crippen LogP contribution in [-0.2, 0) is 32.0 Å². The summed E-state index contributed by atoms with van der Waals surface area (Å²) in [6.45, 7) is 1.82. The molecule has 11 heteroatoms. The molecule has 0 bridgehead atoms. The van der Waals surface area contributed by atoms with E-state index >= 15 is 0 Å². The molecule has 0 aliphatic carbocycles. The fraction of sp³-hybridized carbons (Fsp3) is 0.333. The van der Waals surface area contributed by atoms with Crippen LogP contribution >= 0.6 is 0 Å². The van der Waals surface area contributed by atoms with Crippen molar-refractivity contribution in [3.05, 3.63) is 72.1 Å². The SMILES string of the molecule is CC(NC(=O)C(N)Cc1c[nH]c2ccccc12)C(=O)NC(Cc1c[nH]c2ccccc12)C(=O)N1CCCC1C(=O)O. The Morgan fingerprint density at radius 3 is 2.12 bits per heavy atom. The Bertz CT molecular complexity index is 1590. The molecule has 3 amide bonds. The standard InChI is InChI=1S/C30H34N6O5/c1-17(34-28(38)22(31)13-18-15-32-23-9-4-2-7-20(18)23)27(37)35-25(29(39)36-12-6-11-26(36)30(40)41)14-19-16-33-24-10-5-3-8-21(19)24/h2-5,7-10,15-17,22,25-26,32-33H,6,11-14,31H2,1H3,(H,34,38)(H,35,37)(H,40,41). The maximum atomic E-state index is 13.6. The van der Waals surface area contributed by atoms with E-state index in [1.807, 2.05) is 54.7 Å². The highest BCUT2D eigenvalue weighted by Crippen LogP contribution is 2.23. The van der Waals surface area contributed by atoms with Gasteiger partial charge in [-0.3, -0.25) is 14.4 Å². The molecular weight excluding hydrogens is 524 g/mol. The molecule has 4 atom stereocenters. The van der Waals surface area contributed by atoms with Crippen molar-refractivity contribution in [3.8, 4) is 0 Å². The van der Waals surface area contributed by atoms with E-state index in [1.165, 1.54) is 11.8 Å². The van der Waals surface area contributed by atoms with Crippen LogP contribution < -0.4 is 16.4 Å². The quantitative estimate of drug-likeness (QED) is 0.173. The number of aliphatic carboxylic acids is 1. The third kappa shape index (κ3) is 5.94. The first kappa shape index (κ1) is 27.9. The number of carboxylic acids is 1. The molecule has 214 valence electrons.